The Kier molecular flexibility index (Phi) is 5.62. The molecule has 0 spiro atoms. The maximum Gasteiger partial charge on any atom is 0.315 e. The van der Waals surface area contributed by atoms with Crippen LogP contribution < -0.4 is 10.6 Å². The van der Waals surface area contributed by atoms with Crippen LogP contribution in [0.2, 0.25) is 0 Å². The predicted molar refractivity (Wildman–Crippen MR) is 62.7 cm³/mol. The Labute approximate surface area is 104 Å². The van der Waals surface area contributed by atoms with Crippen molar-refractivity contribution in [1.82, 2.24) is 25.4 Å². The van der Waals surface area contributed by atoms with Crippen LogP contribution in [0.5, 0.6) is 0 Å². The normalized spacial score (nSPS) is 10.1. The average molecular weight is 255 g/mol. The maximum atomic E-state index is 11.3. The summed E-state index contributed by atoms with van der Waals surface area (Å²) >= 11 is 0. The number of carboxylic acids is 1. The largest absolute Gasteiger partial charge is 0.481 e. The van der Waals surface area contributed by atoms with E-state index in [9.17, 15) is 9.59 Å². The molecular formula is C10H17N5O3. The van der Waals surface area contributed by atoms with E-state index in [0.717, 1.165) is 0 Å². The summed E-state index contributed by atoms with van der Waals surface area (Å²) in [7, 11) is 1.75. The summed E-state index contributed by atoms with van der Waals surface area (Å²) in [5.41, 5.74) is 0. The van der Waals surface area contributed by atoms with Crippen LogP contribution in [0, 0.1) is 0 Å². The molecule has 8 nitrogen and oxygen atoms in total. The van der Waals surface area contributed by atoms with Crippen molar-refractivity contribution in [3.05, 3.63) is 12.2 Å². The highest BCUT2D eigenvalue weighted by Gasteiger charge is 2.03. The standard InChI is InChI=1S/C10H17N5O3/c1-15-7-13-8(14-15)6-12-10(18)11-5-3-2-4-9(16)17/h7H,2-6H2,1H3,(H,16,17)(H2,11,12,18). The summed E-state index contributed by atoms with van der Waals surface area (Å²) < 4.78 is 1.56. The molecule has 0 atom stereocenters. The van der Waals surface area contributed by atoms with Gasteiger partial charge in [0.2, 0.25) is 0 Å². The molecule has 1 heterocycles. The number of nitrogens with one attached hydrogen (secondary N) is 2. The van der Waals surface area contributed by atoms with E-state index in [0.29, 0.717) is 25.2 Å². The maximum absolute atomic E-state index is 11.3. The Hall–Kier alpha value is -2.12. The lowest BCUT2D eigenvalue weighted by atomic mass is 10.2. The highest BCUT2D eigenvalue weighted by molar-refractivity contribution is 5.73. The fraction of sp³-hybridized carbons (Fsp3) is 0.600. The number of aromatic nitrogens is 3. The molecule has 0 bridgehead atoms. The van der Waals surface area contributed by atoms with Gasteiger partial charge in [0.05, 0.1) is 6.54 Å². The second-order valence-electron chi connectivity index (χ2n) is 3.79. The fourth-order valence-corrected chi connectivity index (χ4v) is 1.29. The lowest BCUT2D eigenvalue weighted by molar-refractivity contribution is -0.137. The minimum atomic E-state index is -0.819. The van der Waals surface area contributed by atoms with E-state index >= 15 is 0 Å². The van der Waals surface area contributed by atoms with Crippen LogP contribution >= 0.6 is 0 Å². The first-order valence-corrected chi connectivity index (χ1v) is 5.66. The van der Waals surface area contributed by atoms with Crippen LogP contribution in [-0.4, -0.2) is 38.4 Å². The van der Waals surface area contributed by atoms with E-state index in [1.165, 1.54) is 0 Å². The number of carbonyl (C=O) groups is 2. The summed E-state index contributed by atoms with van der Waals surface area (Å²) in [6.07, 6.45) is 2.88. The molecule has 0 fully saturated rings. The lowest BCUT2D eigenvalue weighted by Gasteiger charge is -2.05. The zero-order valence-corrected chi connectivity index (χ0v) is 10.2. The summed E-state index contributed by atoms with van der Waals surface area (Å²) in [6.45, 7) is 0.719. The van der Waals surface area contributed by atoms with Crippen LogP contribution in [0.25, 0.3) is 0 Å². The Morgan fingerprint density at radius 2 is 2.17 bits per heavy atom. The molecule has 1 aromatic rings. The number of aryl methyl sites for hydroxylation is 1. The fourth-order valence-electron chi connectivity index (χ4n) is 1.29. The molecule has 0 unspecified atom stereocenters. The monoisotopic (exact) mass is 255 g/mol. The van der Waals surface area contributed by atoms with Crippen LogP contribution in [0.4, 0.5) is 4.79 Å². The first-order chi connectivity index (χ1) is 8.58. The SMILES string of the molecule is Cn1cnc(CNC(=O)NCCCCC(=O)O)n1. The highest BCUT2D eigenvalue weighted by Crippen LogP contribution is 1.93. The number of nitrogens with zero attached hydrogens (tertiary/aromatic N) is 3. The number of rotatable bonds is 7. The number of unbranched alkanes of at least 4 members (excludes halogenated alkanes) is 1. The van der Waals surface area contributed by atoms with Crippen molar-refractivity contribution >= 4 is 12.0 Å². The van der Waals surface area contributed by atoms with Gasteiger partial charge in [0.25, 0.3) is 0 Å². The summed E-state index contributed by atoms with van der Waals surface area (Å²) in [5, 5.41) is 17.7. The third-order valence-electron chi connectivity index (χ3n) is 2.16. The molecule has 3 N–H and O–H groups in total. The van der Waals surface area contributed by atoms with Gasteiger partial charge in [-0.3, -0.25) is 9.48 Å². The Bertz CT molecular complexity index is 404. The molecular weight excluding hydrogens is 238 g/mol. The first-order valence-electron chi connectivity index (χ1n) is 5.66. The van der Waals surface area contributed by atoms with E-state index in [4.69, 9.17) is 5.11 Å². The number of carboxylic acid groups (broad SMARTS) is 1. The van der Waals surface area contributed by atoms with Crippen molar-refractivity contribution < 1.29 is 14.7 Å². The number of aliphatic carboxylic acids is 1. The molecule has 2 amide bonds. The van der Waals surface area contributed by atoms with Gasteiger partial charge in [-0.2, -0.15) is 5.10 Å². The number of hydrogen-bond acceptors (Lipinski definition) is 4. The van der Waals surface area contributed by atoms with Gasteiger partial charge >= 0.3 is 12.0 Å². The minimum Gasteiger partial charge on any atom is -0.481 e. The average Bonchev–Trinajstić information content (AvgIpc) is 2.71. The molecule has 18 heavy (non-hydrogen) atoms. The van der Waals surface area contributed by atoms with Crippen molar-refractivity contribution in [3.8, 4) is 0 Å². The Morgan fingerprint density at radius 1 is 1.39 bits per heavy atom. The van der Waals surface area contributed by atoms with Crippen molar-refractivity contribution in [1.29, 1.82) is 0 Å². The molecule has 0 aliphatic carbocycles. The van der Waals surface area contributed by atoms with Gasteiger partial charge in [-0.15, -0.1) is 0 Å². The van der Waals surface area contributed by atoms with Crippen molar-refractivity contribution in [2.24, 2.45) is 7.05 Å². The van der Waals surface area contributed by atoms with E-state index in [2.05, 4.69) is 20.7 Å². The molecule has 0 radical (unpaired) electrons. The molecule has 0 aliphatic heterocycles. The quantitative estimate of drug-likeness (QED) is 0.588. The summed E-state index contributed by atoms with van der Waals surface area (Å²) in [6, 6.07) is -0.308. The minimum absolute atomic E-state index is 0.126. The number of hydrogen-bond donors (Lipinski definition) is 3. The van der Waals surface area contributed by atoms with Gasteiger partial charge in [-0.1, -0.05) is 0 Å². The predicted octanol–water partition coefficient (Wildman–Crippen LogP) is -0.131. The van der Waals surface area contributed by atoms with Crippen molar-refractivity contribution in [2.45, 2.75) is 25.8 Å². The van der Waals surface area contributed by atoms with Crippen molar-refractivity contribution in [3.63, 3.8) is 0 Å². The third-order valence-corrected chi connectivity index (χ3v) is 2.16. The highest BCUT2D eigenvalue weighted by atomic mass is 16.4. The van der Waals surface area contributed by atoms with E-state index in [1.54, 1.807) is 18.1 Å². The van der Waals surface area contributed by atoms with E-state index in [1.807, 2.05) is 0 Å². The van der Waals surface area contributed by atoms with Gasteiger partial charge in [-0.05, 0) is 12.8 Å². The van der Waals surface area contributed by atoms with Crippen LogP contribution in [0.3, 0.4) is 0 Å². The smallest absolute Gasteiger partial charge is 0.315 e. The van der Waals surface area contributed by atoms with Gasteiger partial charge in [0.1, 0.15) is 6.33 Å². The van der Waals surface area contributed by atoms with Gasteiger partial charge in [0, 0.05) is 20.0 Å². The molecule has 1 aromatic heterocycles. The molecule has 0 saturated carbocycles. The number of amides is 2. The first kappa shape index (κ1) is 13.9. The molecule has 8 heteroatoms. The molecule has 0 aliphatic rings. The summed E-state index contributed by atoms with van der Waals surface area (Å²) in [5.74, 6) is -0.279. The molecule has 1 rings (SSSR count). The van der Waals surface area contributed by atoms with Gasteiger partial charge in [-0.25, -0.2) is 9.78 Å². The molecule has 0 aromatic carbocycles. The van der Waals surface area contributed by atoms with Gasteiger partial charge in [0.15, 0.2) is 5.82 Å². The second kappa shape index (κ2) is 7.25. The number of urea groups is 1. The Balaban J connectivity index is 2.05. The molecule has 0 saturated heterocycles. The van der Waals surface area contributed by atoms with Crippen LogP contribution in [-0.2, 0) is 18.4 Å². The van der Waals surface area contributed by atoms with E-state index < -0.39 is 5.97 Å². The van der Waals surface area contributed by atoms with Crippen molar-refractivity contribution in [2.75, 3.05) is 6.54 Å². The van der Waals surface area contributed by atoms with Crippen LogP contribution in [0.1, 0.15) is 25.1 Å². The summed E-state index contributed by atoms with van der Waals surface area (Å²) in [4.78, 5) is 25.5. The second-order valence-corrected chi connectivity index (χ2v) is 3.79. The topological polar surface area (TPSA) is 109 Å². The molecule has 100 valence electrons. The van der Waals surface area contributed by atoms with Gasteiger partial charge < -0.3 is 15.7 Å². The van der Waals surface area contributed by atoms with E-state index in [-0.39, 0.29) is 19.0 Å². The Morgan fingerprint density at radius 3 is 2.78 bits per heavy atom. The zero-order valence-electron chi connectivity index (χ0n) is 10.2. The number of carbonyl (C=O) groups excluding carboxylic acids is 1. The van der Waals surface area contributed by atoms with Crippen LogP contribution in [0.15, 0.2) is 6.33 Å². The zero-order chi connectivity index (χ0) is 13.4. The lowest BCUT2D eigenvalue weighted by Crippen LogP contribution is -2.35. The third kappa shape index (κ3) is 5.83.